The van der Waals surface area contributed by atoms with E-state index in [1.54, 1.807) is 7.11 Å². The van der Waals surface area contributed by atoms with Crippen molar-refractivity contribution in [3.05, 3.63) is 23.8 Å². The minimum atomic E-state index is 0.733. The van der Waals surface area contributed by atoms with Gasteiger partial charge in [-0.2, -0.15) is 0 Å². The molecule has 0 saturated carbocycles. The third-order valence-corrected chi connectivity index (χ3v) is 2.11. The van der Waals surface area contributed by atoms with Gasteiger partial charge in [0.2, 0.25) is 0 Å². The number of ether oxygens (including phenoxy) is 1. The maximum atomic E-state index is 5.78. The maximum Gasteiger partial charge on any atom is 0.141 e. The first-order valence-electron chi connectivity index (χ1n) is 4.70. The molecule has 13 heavy (non-hydrogen) atoms. The van der Waals surface area contributed by atoms with Gasteiger partial charge >= 0.3 is 0 Å². The summed E-state index contributed by atoms with van der Waals surface area (Å²) in [4.78, 5) is 0. The normalized spacial score (nSPS) is 10.0. The van der Waals surface area contributed by atoms with Crippen LogP contribution in [0.25, 0.3) is 0 Å². The van der Waals surface area contributed by atoms with E-state index in [-0.39, 0.29) is 0 Å². The van der Waals surface area contributed by atoms with Gasteiger partial charge in [0.1, 0.15) is 5.75 Å². The molecule has 0 saturated heterocycles. The van der Waals surface area contributed by atoms with Crippen molar-refractivity contribution in [2.45, 2.75) is 26.2 Å². The first-order chi connectivity index (χ1) is 6.27. The molecule has 0 spiro atoms. The summed E-state index contributed by atoms with van der Waals surface area (Å²) in [5.41, 5.74) is 7.80. The molecule has 0 fully saturated rings. The van der Waals surface area contributed by atoms with E-state index in [1.165, 1.54) is 18.4 Å². The third-order valence-electron chi connectivity index (χ3n) is 2.11. The molecule has 1 aromatic rings. The quantitative estimate of drug-likeness (QED) is 0.721. The van der Waals surface area contributed by atoms with E-state index in [0.29, 0.717) is 0 Å². The highest BCUT2D eigenvalue weighted by molar-refractivity contribution is 5.54. The highest BCUT2D eigenvalue weighted by Gasteiger charge is 1.99. The summed E-state index contributed by atoms with van der Waals surface area (Å²) in [6.45, 7) is 2.19. The van der Waals surface area contributed by atoms with Crippen molar-refractivity contribution in [2.24, 2.45) is 0 Å². The number of nitrogens with two attached hydrogens (primary N) is 1. The summed E-state index contributed by atoms with van der Waals surface area (Å²) in [5.74, 6) is 0.764. The van der Waals surface area contributed by atoms with Crippen molar-refractivity contribution in [3.8, 4) is 5.75 Å². The van der Waals surface area contributed by atoms with Crippen LogP contribution < -0.4 is 10.5 Å². The number of hydrogen-bond acceptors (Lipinski definition) is 2. The Kier molecular flexibility index (Phi) is 3.62. The fourth-order valence-electron chi connectivity index (χ4n) is 1.32. The van der Waals surface area contributed by atoms with Gasteiger partial charge in [-0.05, 0) is 30.5 Å². The van der Waals surface area contributed by atoms with E-state index < -0.39 is 0 Å². The molecule has 1 aromatic carbocycles. The van der Waals surface area contributed by atoms with Crippen LogP contribution in [0.15, 0.2) is 18.2 Å². The second-order valence-electron chi connectivity index (χ2n) is 3.18. The predicted octanol–water partition coefficient (Wildman–Crippen LogP) is 2.62. The molecule has 0 aromatic heterocycles. The Labute approximate surface area is 79.7 Å². The average molecular weight is 179 g/mol. The van der Waals surface area contributed by atoms with Gasteiger partial charge in [-0.3, -0.25) is 0 Å². The molecule has 0 aliphatic carbocycles. The fraction of sp³-hybridized carbons (Fsp3) is 0.455. The molecule has 0 amide bonds. The number of methoxy groups -OCH3 is 1. The topological polar surface area (TPSA) is 35.2 Å². The van der Waals surface area contributed by atoms with Gasteiger partial charge in [-0.1, -0.05) is 19.4 Å². The van der Waals surface area contributed by atoms with Gasteiger partial charge in [0.05, 0.1) is 12.8 Å². The molecule has 0 unspecified atom stereocenters. The largest absolute Gasteiger partial charge is 0.495 e. The highest BCUT2D eigenvalue weighted by atomic mass is 16.5. The first-order valence-corrected chi connectivity index (χ1v) is 4.70. The summed E-state index contributed by atoms with van der Waals surface area (Å²) in [5, 5.41) is 0. The van der Waals surface area contributed by atoms with Crippen LogP contribution in [0.5, 0.6) is 5.75 Å². The van der Waals surface area contributed by atoms with E-state index in [9.17, 15) is 0 Å². The molecule has 0 heterocycles. The molecule has 0 bridgehead atoms. The Hall–Kier alpha value is -1.18. The summed E-state index contributed by atoms with van der Waals surface area (Å²) in [6.07, 6.45) is 3.53. The van der Waals surface area contributed by atoms with Crippen molar-refractivity contribution < 1.29 is 4.74 Å². The Bertz CT molecular complexity index is 271. The minimum absolute atomic E-state index is 0.733. The van der Waals surface area contributed by atoms with Crippen LogP contribution in [-0.4, -0.2) is 7.11 Å². The first kappa shape index (κ1) is 9.90. The average Bonchev–Trinajstić information content (AvgIpc) is 2.15. The van der Waals surface area contributed by atoms with Gasteiger partial charge < -0.3 is 10.5 Å². The lowest BCUT2D eigenvalue weighted by atomic mass is 10.1. The zero-order chi connectivity index (χ0) is 9.68. The number of nitrogen functional groups attached to an aromatic ring is 1. The molecular weight excluding hydrogens is 162 g/mol. The number of aryl methyl sites for hydroxylation is 1. The lowest BCUT2D eigenvalue weighted by Crippen LogP contribution is -1.94. The van der Waals surface area contributed by atoms with E-state index in [0.717, 1.165) is 17.9 Å². The zero-order valence-corrected chi connectivity index (χ0v) is 8.34. The predicted molar refractivity (Wildman–Crippen MR) is 56.0 cm³/mol. The number of anilines is 1. The molecule has 72 valence electrons. The van der Waals surface area contributed by atoms with Crippen molar-refractivity contribution in [1.82, 2.24) is 0 Å². The third kappa shape index (κ3) is 2.65. The van der Waals surface area contributed by atoms with Gasteiger partial charge in [0, 0.05) is 0 Å². The molecule has 0 radical (unpaired) electrons. The molecule has 0 aliphatic heterocycles. The Morgan fingerprint density at radius 2 is 2.15 bits per heavy atom. The summed E-state index contributed by atoms with van der Waals surface area (Å²) in [7, 11) is 1.64. The number of benzene rings is 1. The molecule has 0 aliphatic rings. The van der Waals surface area contributed by atoms with Crippen LogP contribution in [0, 0.1) is 0 Å². The van der Waals surface area contributed by atoms with E-state index in [2.05, 4.69) is 13.0 Å². The SMILES string of the molecule is CCCCc1ccc(OC)c(N)c1. The van der Waals surface area contributed by atoms with E-state index in [1.807, 2.05) is 12.1 Å². The van der Waals surface area contributed by atoms with Crippen molar-refractivity contribution in [2.75, 3.05) is 12.8 Å². The maximum absolute atomic E-state index is 5.78. The van der Waals surface area contributed by atoms with Crippen LogP contribution >= 0.6 is 0 Å². The van der Waals surface area contributed by atoms with Crippen molar-refractivity contribution in [3.63, 3.8) is 0 Å². The van der Waals surface area contributed by atoms with Gasteiger partial charge in [0.15, 0.2) is 0 Å². The monoisotopic (exact) mass is 179 g/mol. The molecule has 2 N–H and O–H groups in total. The fourth-order valence-corrected chi connectivity index (χ4v) is 1.32. The van der Waals surface area contributed by atoms with E-state index in [4.69, 9.17) is 10.5 Å². The Morgan fingerprint density at radius 3 is 2.69 bits per heavy atom. The smallest absolute Gasteiger partial charge is 0.141 e. The van der Waals surface area contributed by atoms with Gasteiger partial charge in [0.25, 0.3) is 0 Å². The summed E-state index contributed by atoms with van der Waals surface area (Å²) in [6, 6.07) is 6.00. The van der Waals surface area contributed by atoms with Gasteiger partial charge in [-0.15, -0.1) is 0 Å². The molecule has 2 nitrogen and oxygen atoms in total. The van der Waals surface area contributed by atoms with Crippen LogP contribution in [0.1, 0.15) is 25.3 Å². The Balaban J connectivity index is 2.71. The highest BCUT2D eigenvalue weighted by Crippen LogP contribution is 2.22. The van der Waals surface area contributed by atoms with Crippen LogP contribution in [0.2, 0.25) is 0 Å². The second-order valence-corrected chi connectivity index (χ2v) is 3.18. The lowest BCUT2D eigenvalue weighted by molar-refractivity contribution is 0.417. The number of hydrogen-bond donors (Lipinski definition) is 1. The van der Waals surface area contributed by atoms with Crippen LogP contribution in [-0.2, 0) is 6.42 Å². The second kappa shape index (κ2) is 4.75. The standard InChI is InChI=1S/C11H17NO/c1-3-4-5-9-6-7-11(13-2)10(12)8-9/h6-8H,3-5,12H2,1-2H3. The van der Waals surface area contributed by atoms with Crippen molar-refractivity contribution >= 4 is 5.69 Å². The lowest BCUT2D eigenvalue weighted by Gasteiger charge is -2.06. The van der Waals surface area contributed by atoms with Crippen LogP contribution in [0.4, 0.5) is 5.69 Å². The Morgan fingerprint density at radius 1 is 1.38 bits per heavy atom. The summed E-state index contributed by atoms with van der Waals surface area (Å²) < 4.78 is 5.08. The molecule has 0 atom stereocenters. The summed E-state index contributed by atoms with van der Waals surface area (Å²) >= 11 is 0. The number of rotatable bonds is 4. The zero-order valence-electron chi connectivity index (χ0n) is 8.34. The molecular formula is C11H17NO. The van der Waals surface area contributed by atoms with Crippen LogP contribution in [0.3, 0.4) is 0 Å². The van der Waals surface area contributed by atoms with E-state index >= 15 is 0 Å². The van der Waals surface area contributed by atoms with Crippen molar-refractivity contribution in [1.29, 1.82) is 0 Å². The molecule has 1 rings (SSSR count). The minimum Gasteiger partial charge on any atom is -0.495 e. The van der Waals surface area contributed by atoms with Gasteiger partial charge in [-0.25, -0.2) is 0 Å². The molecule has 2 heteroatoms. The number of unbranched alkanes of at least 4 members (excludes halogenated alkanes) is 1.